The molecule has 2 heterocycles. The molecule has 1 aliphatic rings. The van der Waals surface area contributed by atoms with Gasteiger partial charge in [-0.05, 0) is 6.42 Å². The minimum Gasteiger partial charge on any atom is -0.372 e. The number of aryl methyl sites for hydroxylation is 1. The Morgan fingerprint density at radius 1 is 1.31 bits per heavy atom. The Labute approximate surface area is 155 Å². The van der Waals surface area contributed by atoms with Gasteiger partial charge in [-0.1, -0.05) is 6.92 Å². The van der Waals surface area contributed by atoms with Crippen molar-refractivity contribution < 1.29 is 17.9 Å². The summed E-state index contributed by atoms with van der Waals surface area (Å²) < 4.78 is 44.9. The van der Waals surface area contributed by atoms with Gasteiger partial charge in [0.05, 0.1) is 0 Å². The lowest BCUT2D eigenvalue weighted by Crippen LogP contribution is -2.52. The number of halogens is 3. The molecule has 0 radical (unpaired) electrons. The highest BCUT2D eigenvalue weighted by Crippen LogP contribution is 2.19. The molecule has 0 aliphatic carbocycles. The first-order valence-electron chi connectivity index (χ1n) is 8.60. The summed E-state index contributed by atoms with van der Waals surface area (Å²) in [7, 11) is 1.70. The van der Waals surface area contributed by atoms with Gasteiger partial charge in [-0.25, -0.2) is 4.98 Å². The van der Waals surface area contributed by atoms with E-state index in [4.69, 9.17) is 0 Å². The van der Waals surface area contributed by atoms with Crippen LogP contribution >= 0.6 is 11.5 Å². The van der Waals surface area contributed by atoms with E-state index in [1.807, 2.05) is 6.92 Å². The molecule has 0 aromatic carbocycles. The van der Waals surface area contributed by atoms with Gasteiger partial charge in [0.25, 0.3) is 0 Å². The molecule has 1 N–H and O–H groups in total. The number of alkyl halides is 3. The molecule has 2 rings (SSSR count). The summed E-state index contributed by atoms with van der Waals surface area (Å²) in [5, 5.41) is 4.13. The zero-order valence-corrected chi connectivity index (χ0v) is 15.9. The molecule has 1 aromatic rings. The smallest absolute Gasteiger partial charge is 0.372 e. The molecule has 1 saturated heterocycles. The molecule has 0 amide bonds. The molecule has 1 aromatic heterocycles. The predicted octanol–water partition coefficient (Wildman–Crippen LogP) is 1.77. The van der Waals surface area contributed by atoms with Gasteiger partial charge < -0.3 is 19.9 Å². The van der Waals surface area contributed by atoms with E-state index in [9.17, 15) is 13.2 Å². The van der Waals surface area contributed by atoms with Crippen LogP contribution in [0.2, 0.25) is 0 Å². The Morgan fingerprint density at radius 2 is 2.04 bits per heavy atom. The van der Waals surface area contributed by atoms with Crippen molar-refractivity contribution in [2.45, 2.75) is 25.9 Å². The lowest BCUT2D eigenvalue weighted by Gasteiger charge is -2.36. The van der Waals surface area contributed by atoms with Gasteiger partial charge in [-0.15, -0.1) is 0 Å². The lowest BCUT2D eigenvalue weighted by atomic mass is 10.3. The summed E-state index contributed by atoms with van der Waals surface area (Å²) in [4.78, 5) is 13.1. The van der Waals surface area contributed by atoms with E-state index in [0.29, 0.717) is 13.0 Å². The van der Waals surface area contributed by atoms with Crippen molar-refractivity contribution in [3.8, 4) is 0 Å². The fourth-order valence-electron chi connectivity index (χ4n) is 2.52. The van der Waals surface area contributed by atoms with E-state index in [2.05, 4.69) is 34.2 Å². The van der Waals surface area contributed by atoms with E-state index < -0.39 is 12.8 Å². The van der Waals surface area contributed by atoms with Gasteiger partial charge in [0.2, 0.25) is 5.13 Å². The van der Waals surface area contributed by atoms with Crippen LogP contribution in [0.25, 0.3) is 0 Å². The Hall–Kier alpha value is -1.62. The molecule has 0 saturated carbocycles. The summed E-state index contributed by atoms with van der Waals surface area (Å²) in [6.45, 7) is 4.66. The molecule has 0 unspecified atom stereocenters. The van der Waals surface area contributed by atoms with Crippen LogP contribution in [0.1, 0.15) is 19.2 Å². The molecule has 26 heavy (non-hydrogen) atoms. The number of hydrogen-bond donors (Lipinski definition) is 1. The number of anilines is 1. The van der Waals surface area contributed by atoms with Crippen LogP contribution in [-0.4, -0.2) is 79.4 Å². The van der Waals surface area contributed by atoms with E-state index >= 15 is 0 Å². The maximum atomic E-state index is 12.0. The van der Waals surface area contributed by atoms with Crippen molar-refractivity contribution in [2.24, 2.45) is 4.99 Å². The highest BCUT2D eigenvalue weighted by atomic mass is 32.1. The molecular weight excluding hydrogens is 369 g/mol. The topological polar surface area (TPSA) is 65.9 Å². The minimum atomic E-state index is -4.27. The van der Waals surface area contributed by atoms with Crippen molar-refractivity contribution in [1.82, 2.24) is 19.6 Å². The summed E-state index contributed by atoms with van der Waals surface area (Å²) in [5.74, 6) is 1.63. The number of nitrogens with zero attached hydrogens (tertiary/aromatic N) is 5. The molecule has 1 fully saturated rings. The average molecular weight is 394 g/mol. The molecular formula is C15H25F3N6OS. The van der Waals surface area contributed by atoms with Crippen molar-refractivity contribution in [3.63, 3.8) is 0 Å². The summed E-state index contributed by atoms with van der Waals surface area (Å²) in [6, 6.07) is 0. The Kier molecular flexibility index (Phi) is 7.88. The van der Waals surface area contributed by atoms with Gasteiger partial charge >= 0.3 is 6.18 Å². The zero-order chi connectivity index (χ0) is 19.0. The molecule has 0 atom stereocenters. The second-order valence-corrected chi connectivity index (χ2v) is 6.55. The first-order valence-corrected chi connectivity index (χ1v) is 9.38. The molecule has 0 spiro atoms. The van der Waals surface area contributed by atoms with Crippen LogP contribution in [0, 0.1) is 0 Å². The number of aliphatic imine (C=N–C) groups is 1. The highest BCUT2D eigenvalue weighted by Gasteiger charge is 2.27. The minimum absolute atomic E-state index is 0.0636. The predicted molar refractivity (Wildman–Crippen MR) is 95.9 cm³/mol. The summed E-state index contributed by atoms with van der Waals surface area (Å²) in [5.41, 5.74) is 0. The Morgan fingerprint density at radius 3 is 2.62 bits per heavy atom. The number of nitrogens with one attached hydrogen (secondary N) is 1. The number of ether oxygens (including phenoxy) is 1. The fourth-order valence-corrected chi connectivity index (χ4v) is 3.32. The maximum Gasteiger partial charge on any atom is 0.411 e. The first kappa shape index (κ1) is 20.7. The van der Waals surface area contributed by atoms with Crippen LogP contribution in [0.5, 0.6) is 0 Å². The quantitative estimate of drug-likeness (QED) is 0.432. The van der Waals surface area contributed by atoms with Crippen LogP contribution in [0.3, 0.4) is 0 Å². The third kappa shape index (κ3) is 6.60. The monoisotopic (exact) mass is 394 g/mol. The van der Waals surface area contributed by atoms with E-state index in [1.165, 1.54) is 11.5 Å². The number of piperazine rings is 1. The second kappa shape index (κ2) is 9.91. The average Bonchev–Trinajstić information content (AvgIpc) is 3.10. The number of aromatic nitrogens is 2. The Bertz CT molecular complexity index is 572. The largest absolute Gasteiger partial charge is 0.411 e. The third-order valence-corrected chi connectivity index (χ3v) is 4.66. The van der Waals surface area contributed by atoms with Crippen LogP contribution in [0.15, 0.2) is 4.99 Å². The normalized spacial score (nSPS) is 16.3. The van der Waals surface area contributed by atoms with Crippen molar-refractivity contribution in [3.05, 3.63) is 5.82 Å². The number of rotatable bonds is 7. The van der Waals surface area contributed by atoms with Crippen LogP contribution in [0.4, 0.5) is 18.3 Å². The second-order valence-electron chi connectivity index (χ2n) is 5.82. The number of guanidine groups is 1. The molecule has 0 bridgehead atoms. The number of hydrogen-bond acceptors (Lipinski definition) is 6. The van der Waals surface area contributed by atoms with Gasteiger partial charge in [0, 0.05) is 64.3 Å². The van der Waals surface area contributed by atoms with Crippen LogP contribution in [-0.2, 0) is 11.2 Å². The fraction of sp³-hybridized carbons (Fsp3) is 0.800. The molecule has 148 valence electrons. The van der Waals surface area contributed by atoms with E-state index in [-0.39, 0.29) is 6.61 Å². The lowest BCUT2D eigenvalue weighted by molar-refractivity contribution is -0.173. The van der Waals surface area contributed by atoms with Crippen molar-refractivity contribution >= 4 is 22.6 Å². The maximum absolute atomic E-state index is 12.0. The molecule has 7 nitrogen and oxygen atoms in total. The molecule has 11 heteroatoms. The van der Waals surface area contributed by atoms with Crippen LogP contribution < -0.4 is 10.2 Å². The highest BCUT2D eigenvalue weighted by molar-refractivity contribution is 7.09. The van der Waals surface area contributed by atoms with E-state index in [0.717, 1.165) is 49.5 Å². The van der Waals surface area contributed by atoms with Gasteiger partial charge in [0.15, 0.2) is 5.96 Å². The SMILES string of the molecule is CCc1nsc(N2CCN(C(=NC)NCCCOCC(F)(F)F)CC2)n1. The Balaban J connectivity index is 1.68. The van der Waals surface area contributed by atoms with E-state index in [1.54, 1.807) is 7.05 Å². The third-order valence-electron chi connectivity index (χ3n) is 3.85. The summed E-state index contributed by atoms with van der Waals surface area (Å²) in [6.07, 6.45) is -2.95. The van der Waals surface area contributed by atoms with Gasteiger partial charge in [-0.3, -0.25) is 4.99 Å². The van der Waals surface area contributed by atoms with Gasteiger partial charge in [0.1, 0.15) is 12.4 Å². The first-order chi connectivity index (χ1) is 12.4. The zero-order valence-electron chi connectivity index (χ0n) is 15.1. The van der Waals surface area contributed by atoms with Gasteiger partial charge in [-0.2, -0.15) is 17.5 Å². The summed E-state index contributed by atoms with van der Waals surface area (Å²) >= 11 is 1.43. The van der Waals surface area contributed by atoms with Crippen molar-refractivity contribution in [1.29, 1.82) is 0 Å². The van der Waals surface area contributed by atoms with Crippen molar-refractivity contribution in [2.75, 3.05) is 57.9 Å². The molecule has 1 aliphatic heterocycles. The standard InChI is InChI=1S/C15H25F3N6OS/c1-3-12-21-14(26-22-12)24-8-6-23(7-9-24)13(19-2)20-5-4-10-25-11-15(16,17)18/h3-11H2,1-2H3,(H,19,20).